The Morgan fingerprint density at radius 3 is 2.00 bits per heavy atom. The number of anilines is 1. The lowest BCUT2D eigenvalue weighted by atomic mass is 9.91. The van der Waals surface area contributed by atoms with Crippen LogP contribution in [0.2, 0.25) is 0 Å². The second-order valence-corrected chi connectivity index (χ2v) is 5.97. The van der Waals surface area contributed by atoms with Gasteiger partial charge in [0.2, 0.25) is 0 Å². The van der Waals surface area contributed by atoms with Crippen molar-refractivity contribution in [3.05, 3.63) is 42.0 Å². The fourth-order valence-corrected chi connectivity index (χ4v) is 2.49. The molecule has 1 aromatic rings. The Labute approximate surface area is 142 Å². The van der Waals surface area contributed by atoms with E-state index in [0.29, 0.717) is 12.2 Å². The molecule has 0 atom stereocenters. The third-order valence-electron chi connectivity index (χ3n) is 3.80. The first-order valence-electron chi connectivity index (χ1n) is 7.99. The number of carboxylic acid groups (broad SMARTS) is 2. The molecule has 0 aliphatic carbocycles. The van der Waals surface area contributed by atoms with Crippen LogP contribution in [0.15, 0.2) is 36.4 Å². The average molecular weight is 334 g/mol. The first-order valence-corrected chi connectivity index (χ1v) is 7.99. The van der Waals surface area contributed by atoms with Crippen molar-refractivity contribution in [2.24, 2.45) is 5.92 Å². The van der Waals surface area contributed by atoms with E-state index in [2.05, 4.69) is 48.6 Å². The van der Waals surface area contributed by atoms with Crippen LogP contribution in [0.1, 0.15) is 18.4 Å². The van der Waals surface area contributed by atoms with Gasteiger partial charge in [-0.25, -0.2) is 9.59 Å². The predicted molar refractivity (Wildman–Crippen MR) is 94.5 cm³/mol. The molecule has 0 aromatic heterocycles. The number of benzene rings is 1. The summed E-state index contributed by atoms with van der Waals surface area (Å²) in [5.41, 5.74) is 2.77. The van der Waals surface area contributed by atoms with E-state index >= 15 is 0 Å². The molecular formula is C18H26N2O4. The third kappa shape index (κ3) is 8.33. The quantitative estimate of drug-likeness (QED) is 0.714. The van der Waals surface area contributed by atoms with Gasteiger partial charge in [0, 0.05) is 31.9 Å². The maximum absolute atomic E-state index is 9.55. The van der Waals surface area contributed by atoms with Crippen LogP contribution in [0, 0.1) is 5.92 Å². The van der Waals surface area contributed by atoms with E-state index in [1.54, 1.807) is 0 Å². The van der Waals surface area contributed by atoms with Crippen molar-refractivity contribution in [3.8, 4) is 0 Å². The van der Waals surface area contributed by atoms with Crippen molar-refractivity contribution >= 4 is 17.6 Å². The van der Waals surface area contributed by atoms with Crippen molar-refractivity contribution in [3.63, 3.8) is 0 Å². The van der Waals surface area contributed by atoms with E-state index in [1.807, 2.05) is 0 Å². The van der Waals surface area contributed by atoms with Gasteiger partial charge in [0.05, 0.1) is 0 Å². The van der Waals surface area contributed by atoms with E-state index in [0.717, 1.165) is 5.92 Å². The van der Waals surface area contributed by atoms with Crippen molar-refractivity contribution in [1.29, 1.82) is 0 Å². The molecule has 1 aliphatic heterocycles. The molecule has 0 amide bonds. The number of aliphatic carboxylic acids is 2. The van der Waals surface area contributed by atoms with Crippen molar-refractivity contribution in [2.45, 2.75) is 19.3 Å². The van der Waals surface area contributed by atoms with E-state index in [9.17, 15) is 9.59 Å². The molecule has 24 heavy (non-hydrogen) atoms. The summed E-state index contributed by atoms with van der Waals surface area (Å²) in [6.45, 7) is 2.39. The number of carbonyl (C=O) groups is 2. The average Bonchev–Trinajstić information content (AvgIpc) is 2.55. The number of hydrogen-bond donors (Lipinski definition) is 3. The number of carboxylic acids is 2. The van der Waals surface area contributed by atoms with Crippen LogP contribution in [0.25, 0.3) is 0 Å². The molecular weight excluding hydrogens is 308 g/mol. The number of hydrogen-bond acceptors (Lipinski definition) is 4. The predicted octanol–water partition coefficient (Wildman–Crippen LogP) is 2.01. The number of piperidine rings is 1. The van der Waals surface area contributed by atoms with Gasteiger partial charge in [-0.2, -0.15) is 0 Å². The normalized spacial score (nSPS) is 14.8. The summed E-state index contributed by atoms with van der Waals surface area (Å²) in [6.07, 6.45) is 5.02. The minimum absolute atomic E-state index is 0.558. The number of nitrogens with one attached hydrogen (secondary N) is 1. The summed E-state index contributed by atoms with van der Waals surface area (Å²) in [7, 11) is 4.17. The molecule has 1 aliphatic rings. The Bertz CT molecular complexity index is 531. The van der Waals surface area contributed by atoms with Gasteiger partial charge in [0.15, 0.2) is 0 Å². The smallest absolute Gasteiger partial charge is 0.328 e. The summed E-state index contributed by atoms with van der Waals surface area (Å²) in [5, 5.41) is 19.0. The molecule has 1 fully saturated rings. The van der Waals surface area contributed by atoms with Crippen LogP contribution in [-0.2, 0) is 16.0 Å². The largest absolute Gasteiger partial charge is 0.478 e. The first-order chi connectivity index (χ1) is 11.4. The molecule has 1 saturated heterocycles. The lowest BCUT2D eigenvalue weighted by Crippen LogP contribution is -2.28. The zero-order chi connectivity index (χ0) is 17.9. The molecule has 0 bridgehead atoms. The van der Waals surface area contributed by atoms with Gasteiger partial charge in [-0.15, -0.1) is 0 Å². The minimum atomic E-state index is -1.26. The van der Waals surface area contributed by atoms with Gasteiger partial charge in [-0.05, 0) is 56.0 Å². The number of rotatable bonds is 5. The van der Waals surface area contributed by atoms with E-state index < -0.39 is 11.9 Å². The molecule has 0 radical (unpaired) electrons. The Morgan fingerprint density at radius 1 is 1.08 bits per heavy atom. The van der Waals surface area contributed by atoms with Gasteiger partial charge in [0.25, 0.3) is 0 Å². The van der Waals surface area contributed by atoms with Gasteiger partial charge >= 0.3 is 11.9 Å². The molecule has 1 heterocycles. The fourth-order valence-electron chi connectivity index (χ4n) is 2.49. The Morgan fingerprint density at radius 2 is 1.58 bits per heavy atom. The lowest BCUT2D eigenvalue weighted by Gasteiger charge is -2.22. The van der Waals surface area contributed by atoms with Crippen LogP contribution in [0.3, 0.4) is 0 Å². The third-order valence-corrected chi connectivity index (χ3v) is 3.80. The maximum atomic E-state index is 9.55. The second-order valence-electron chi connectivity index (χ2n) is 5.97. The lowest BCUT2D eigenvalue weighted by molar-refractivity contribution is -0.134. The molecule has 6 nitrogen and oxygen atoms in total. The van der Waals surface area contributed by atoms with Crippen molar-refractivity contribution in [1.82, 2.24) is 5.32 Å². The Hall–Kier alpha value is -2.34. The SMILES string of the molecule is CN(C)c1ccc(CC2CCNCC2)cc1.O=C(O)/C=C/C(=O)O. The van der Waals surface area contributed by atoms with E-state index in [1.165, 1.54) is 43.6 Å². The van der Waals surface area contributed by atoms with Crippen LogP contribution < -0.4 is 10.2 Å². The van der Waals surface area contributed by atoms with Crippen molar-refractivity contribution in [2.75, 3.05) is 32.1 Å². The highest BCUT2D eigenvalue weighted by Crippen LogP contribution is 2.20. The molecule has 132 valence electrons. The maximum Gasteiger partial charge on any atom is 0.328 e. The standard InChI is InChI=1S/C14H22N2.C4H4O4/c1-16(2)14-5-3-12(4-6-14)11-13-7-9-15-10-8-13;5-3(6)1-2-4(7)8/h3-6,13,15H,7-11H2,1-2H3;1-2H,(H,5,6)(H,7,8)/b;2-1+. The first kappa shape index (κ1) is 19.7. The van der Waals surface area contributed by atoms with Crippen molar-refractivity contribution < 1.29 is 19.8 Å². The minimum Gasteiger partial charge on any atom is -0.478 e. The van der Waals surface area contributed by atoms with Crippen LogP contribution in [0.4, 0.5) is 5.69 Å². The van der Waals surface area contributed by atoms with Gasteiger partial charge in [-0.1, -0.05) is 12.1 Å². The van der Waals surface area contributed by atoms with E-state index in [4.69, 9.17) is 10.2 Å². The fraction of sp³-hybridized carbons (Fsp3) is 0.444. The molecule has 6 heteroatoms. The van der Waals surface area contributed by atoms with Crippen LogP contribution >= 0.6 is 0 Å². The zero-order valence-electron chi connectivity index (χ0n) is 14.2. The molecule has 0 saturated carbocycles. The molecule has 0 spiro atoms. The Kier molecular flexibility index (Phi) is 8.57. The van der Waals surface area contributed by atoms with E-state index in [-0.39, 0.29) is 0 Å². The Balaban J connectivity index is 0.000000307. The monoisotopic (exact) mass is 334 g/mol. The summed E-state index contributed by atoms with van der Waals surface area (Å²) >= 11 is 0. The molecule has 0 unspecified atom stereocenters. The highest BCUT2D eigenvalue weighted by Gasteiger charge is 2.13. The molecule has 1 aromatic carbocycles. The topological polar surface area (TPSA) is 89.9 Å². The highest BCUT2D eigenvalue weighted by atomic mass is 16.4. The summed E-state index contributed by atoms with van der Waals surface area (Å²) in [5.74, 6) is -1.63. The van der Waals surface area contributed by atoms with Gasteiger partial charge < -0.3 is 20.4 Å². The summed E-state index contributed by atoms with van der Waals surface area (Å²) in [4.78, 5) is 21.3. The number of nitrogens with zero attached hydrogens (tertiary/aromatic N) is 1. The molecule has 2 rings (SSSR count). The zero-order valence-corrected chi connectivity index (χ0v) is 14.2. The van der Waals surface area contributed by atoms with Crippen LogP contribution in [0.5, 0.6) is 0 Å². The van der Waals surface area contributed by atoms with Crippen LogP contribution in [-0.4, -0.2) is 49.3 Å². The van der Waals surface area contributed by atoms with Gasteiger partial charge in [-0.3, -0.25) is 0 Å². The second kappa shape index (κ2) is 10.4. The molecule has 3 N–H and O–H groups in total. The summed E-state index contributed by atoms with van der Waals surface area (Å²) < 4.78 is 0. The van der Waals surface area contributed by atoms with Gasteiger partial charge in [0.1, 0.15) is 0 Å². The highest BCUT2D eigenvalue weighted by molar-refractivity contribution is 5.89. The summed E-state index contributed by atoms with van der Waals surface area (Å²) in [6, 6.07) is 8.99.